The van der Waals surface area contributed by atoms with Gasteiger partial charge in [0.1, 0.15) is 0 Å². The molecule has 1 aliphatic rings. The zero-order chi connectivity index (χ0) is 16.8. The van der Waals surface area contributed by atoms with E-state index in [0.717, 1.165) is 38.4 Å². The summed E-state index contributed by atoms with van der Waals surface area (Å²) in [6.07, 6.45) is 0.575. The third-order valence-corrected chi connectivity index (χ3v) is 5.08. The minimum atomic E-state index is 0.188. The number of hydrogen-bond donors (Lipinski definition) is 0. The van der Waals surface area contributed by atoms with Crippen molar-refractivity contribution in [3.8, 4) is 0 Å². The fraction of sp³-hybridized carbons (Fsp3) is 0.444. The van der Waals surface area contributed by atoms with E-state index < -0.39 is 0 Å². The predicted octanol–water partition coefficient (Wildman–Crippen LogP) is 2.31. The van der Waals surface area contributed by atoms with Gasteiger partial charge in [0.25, 0.3) is 0 Å². The number of piperazine rings is 1. The van der Waals surface area contributed by atoms with Crippen LogP contribution in [-0.2, 0) is 11.3 Å². The number of para-hydroxylation sites is 1. The van der Waals surface area contributed by atoms with Gasteiger partial charge in [-0.2, -0.15) is 0 Å². The largest absolute Gasteiger partial charge is 0.369 e. The molecular weight excluding hydrogens is 320 g/mol. The van der Waals surface area contributed by atoms with Crippen molar-refractivity contribution in [2.75, 3.05) is 44.7 Å². The molecule has 2 aromatic rings. The zero-order valence-corrected chi connectivity index (χ0v) is 14.9. The highest BCUT2D eigenvalue weighted by Crippen LogP contribution is 2.15. The number of benzene rings is 1. The summed E-state index contributed by atoms with van der Waals surface area (Å²) in [7, 11) is 1.86. The normalized spacial score (nSPS) is 15.5. The van der Waals surface area contributed by atoms with Gasteiger partial charge in [-0.15, -0.1) is 11.3 Å². The summed E-state index contributed by atoms with van der Waals surface area (Å²) in [5, 5.41) is 1.99. The highest BCUT2D eigenvalue weighted by molar-refractivity contribution is 7.07. The van der Waals surface area contributed by atoms with Gasteiger partial charge >= 0.3 is 0 Å². The van der Waals surface area contributed by atoms with E-state index in [-0.39, 0.29) is 5.91 Å². The minimum Gasteiger partial charge on any atom is -0.369 e. The lowest BCUT2D eigenvalue weighted by Crippen LogP contribution is -2.47. The summed E-state index contributed by atoms with van der Waals surface area (Å²) in [4.78, 5) is 23.1. The molecule has 24 heavy (non-hydrogen) atoms. The molecule has 0 atom stereocenters. The number of hydrogen-bond acceptors (Lipinski definition) is 5. The van der Waals surface area contributed by atoms with Crippen LogP contribution in [0.25, 0.3) is 0 Å². The fourth-order valence-corrected chi connectivity index (χ4v) is 3.51. The van der Waals surface area contributed by atoms with Gasteiger partial charge in [-0.3, -0.25) is 9.69 Å². The topological polar surface area (TPSA) is 39.7 Å². The van der Waals surface area contributed by atoms with Crippen molar-refractivity contribution in [3.05, 3.63) is 46.9 Å². The molecule has 6 heteroatoms. The van der Waals surface area contributed by atoms with Crippen LogP contribution in [0.5, 0.6) is 0 Å². The second kappa shape index (κ2) is 8.26. The van der Waals surface area contributed by atoms with Crippen molar-refractivity contribution in [2.45, 2.75) is 13.0 Å². The molecule has 1 aromatic carbocycles. The van der Waals surface area contributed by atoms with E-state index in [2.05, 4.69) is 39.0 Å². The van der Waals surface area contributed by atoms with Crippen molar-refractivity contribution >= 4 is 22.9 Å². The van der Waals surface area contributed by atoms with Gasteiger partial charge in [-0.1, -0.05) is 18.2 Å². The summed E-state index contributed by atoms with van der Waals surface area (Å²) >= 11 is 1.57. The van der Waals surface area contributed by atoms with E-state index in [1.165, 1.54) is 5.69 Å². The van der Waals surface area contributed by atoms with Crippen LogP contribution < -0.4 is 4.90 Å². The lowest BCUT2D eigenvalue weighted by Gasteiger charge is -2.36. The molecule has 1 aliphatic heterocycles. The second-order valence-corrected chi connectivity index (χ2v) is 6.86. The van der Waals surface area contributed by atoms with E-state index >= 15 is 0 Å². The Bertz CT molecular complexity index is 624. The van der Waals surface area contributed by atoms with Gasteiger partial charge in [0.2, 0.25) is 5.91 Å². The highest BCUT2D eigenvalue weighted by Gasteiger charge is 2.18. The summed E-state index contributed by atoms with van der Waals surface area (Å²) in [5.41, 5.74) is 4.06. The molecule has 5 nitrogen and oxygen atoms in total. The first-order valence-electron chi connectivity index (χ1n) is 8.36. The van der Waals surface area contributed by atoms with Crippen LogP contribution in [0.3, 0.4) is 0 Å². The van der Waals surface area contributed by atoms with Crippen LogP contribution in [-0.4, -0.2) is 60.5 Å². The highest BCUT2D eigenvalue weighted by atomic mass is 32.1. The molecule has 0 aliphatic carbocycles. The van der Waals surface area contributed by atoms with Crippen LogP contribution in [0.15, 0.2) is 41.2 Å². The molecule has 0 saturated carbocycles. The first kappa shape index (κ1) is 16.9. The maximum Gasteiger partial charge on any atom is 0.223 e. The van der Waals surface area contributed by atoms with Crippen LogP contribution in [0.2, 0.25) is 0 Å². The molecule has 0 bridgehead atoms. The van der Waals surface area contributed by atoms with Gasteiger partial charge in [0.05, 0.1) is 17.7 Å². The number of carbonyl (C=O) groups excluding carboxylic acids is 1. The Morgan fingerprint density at radius 2 is 1.96 bits per heavy atom. The Labute approximate surface area is 147 Å². The molecule has 1 saturated heterocycles. The molecule has 0 spiro atoms. The van der Waals surface area contributed by atoms with Gasteiger partial charge < -0.3 is 9.80 Å². The Balaban J connectivity index is 1.39. The fourth-order valence-electron chi connectivity index (χ4n) is 2.96. The first-order chi connectivity index (χ1) is 11.7. The van der Waals surface area contributed by atoms with Crippen molar-refractivity contribution in [1.82, 2.24) is 14.8 Å². The maximum atomic E-state index is 12.3. The summed E-state index contributed by atoms with van der Waals surface area (Å²) < 4.78 is 0. The van der Waals surface area contributed by atoms with E-state index in [1.54, 1.807) is 21.7 Å². The van der Waals surface area contributed by atoms with Crippen molar-refractivity contribution in [1.29, 1.82) is 0 Å². The number of amides is 1. The number of anilines is 1. The van der Waals surface area contributed by atoms with E-state index in [4.69, 9.17) is 0 Å². The van der Waals surface area contributed by atoms with E-state index in [0.29, 0.717) is 13.0 Å². The Hall–Kier alpha value is -1.92. The number of thiazole rings is 1. The number of nitrogens with zero attached hydrogens (tertiary/aromatic N) is 4. The number of carbonyl (C=O) groups is 1. The second-order valence-electron chi connectivity index (χ2n) is 6.14. The molecule has 0 N–H and O–H groups in total. The van der Waals surface area contributed by atoms with E-state index in [1.807, 2.05) is 18.5 Å². The van der Waals surface area contributed by atoms with Crippen LogP contribution >= 0.6 is 11.3 Å². The first-order valence-corrected chi connectivity index (χ1v) is 9.30. The molecule has 0 unspecified atom stereocenters. The third-order valence-electron chi connectivity index (χ3n) is 4.44. The minimum absolute atomic E-state index is 0.188. The standard InChI is InChI=1S/C18H24N4OS/c1-20(13-16-14-24-15-19-16)18(23)7-8-21-9-11-22(12-10-21)17-5-3-2-4-6-17/h2-6,14-15H,7-13H2,1H3. The molecule has 128 valence electrons. The average Bonchev–Trinajstić information content (AvgIpc) is 3.14. The summed E-state index contributed by atoms with van der Waals surface area (Å²) in [6.45, 7) is 5.50. The molecule has 1 aromatic heterocycles. The van der Waals surface area contributed by atoms with Crippen LogP contribution in [0, 0.1) is 0 Å². The van der Waals surface area contributed by atoms with E-state index in [9.17, 15) is 4.79 Å². The molecule has 3 rings (SSSR count). The quantitative estimate of drug-likeness (QED) is 0.806. The van der Waals surface area contributed by atoms with Crippen molar-refractivity contribution in [3.63, 3.8) is 0 Å². The Kier molecular flexibility index (Phi) is 5.82. The average molecular weight is 344 g/mol. The Morgan fingerprint density at radius 1 is 1.21 bits per heavy atom. The number of rotatable bonds is 6. The summed E-state index contributed by atoms with van der Waals surface area (Å²) in [6, 6.07) is 10.5. The van der Waals surface area contributed by atoms with Crippen molar-refractivity contribution in [2.24, 2.45) is 0 Å². The molecule has 0 radical (unpaired) electrons. The molecule has 2 heterocycles. The lowest BCUT2D eigenvalue weighted by atomic mass is 10.2. The molecule has 1 amide bonds. The third kappa shape index (κ3) is 4.55. The van der Waals surface area contributed by atoms with Crippen molar-refractivity contribution < 1.29 is 4.79 Å². The zero-order valence-electron chi connectivity index (χ0n) is 14.1. The smallest absolute Gasteiger partial charge is 0.223 e. The lowest BCUT2D eigenvalue weighted by molar-refractivity contribution is -0.130. The van der Waals surface area contributed by atoms with Crippen LogP contribution in [0.4, 0.5) is 5.69 Å². The summed E-state index contributed by atoms with van der Waals surface area (Å²) in [5.74, 6) is 0.188. The van der Waals surface area contributed by atoms with Gasteiger partial charge in [0.15, 0.2) is 0 Å². The monoisotopic (exact) mass is 344 g/mol. The number of aromatic nitrogens is 1. The van der Waals surface area contributed by atoms with Gasteiger partial charge in [-0.05, 0) is 12.1 Å². The molecular formula is C18H24N4OS. The predicted molar refractivity (Wildman–Crippen MR) is 98.3 cm³/mol. The Morgan fingerprint density at radius 3 is 2.62 bits per heavy atom. The molecule has 1 fully saturated rings. The SMILES string of the molecule is CN(Cc1cscn1)C(=O)CCN1CCN(c2ccccc2)CC1. The van der Waals surface area contributed by atoms with Crippen LogP contribution in [0.1, 0.15) is 12.1 Å². The van der Waals surface area contributed by atoms with Gasteiger partial charge in [0, 0.05) is 57.3 Å². The maximum absolute atomic E-state index is 12.3. The van der Waals surface area contributed by atoms with Gasteiger partial charge in [-0.25, -0.2) is 4.98 Å².